The lowest BCUT2D eigenvalue weighted by molar-refractivity contribution is -0.142. The van der Waals surface area contributed by atoms with Crippen molar-refractivity contribution in [2.24, 2.45) is 0 Å². The molecule has 3 aromatic carbocycles. The quantitative estimate of drug-likeness (QED) is 0.0520. The lowest BCUT2D eigenvalue weighted by Crippen LogP contribution is -2.52. The Labute approximate surface area is 342 Å². The van der Waals surface area contributed by atoms with Crippen LogP contribution in [0.25, 0.3) is 10.9 Å². The van der Waals surface area contributed by atoms with Gasteiger partial charge in [-0.05, 0) is 88.1 Å². The first-order valence-corrected chi connectivity index (χ1v) is 19.3. The summed E-state index contributed by atoms with van der Waals surface area (Å²) in [7, 11) is 0. The Bertz CT molecular complexity index is 2430. The molecule has 2 atom stereocenters. The molecular formula is C43H41ClF3N5O7. The predicted molar refractivity (Wildman–Crippen MR) is 210 cm³/mol. The minimum atomic E-state index is -1.71. The molecule has 0 aliphatic carbocycles. The number of hydrogen-bond acceptors (Lipinski definition) is 7. The number of amides is 5. The van der Waals surface area contributed by atoms with Gasteiger partial charge in [0.2, 0.25) is 23.6 Å². The van der Waals surface area contributed by atoms with Gasteiger partial charge >= 0.3 is 5.97 Å². The SMILES string of the molecule is CCOC(=O)c1[nH]c2cc(Cl)ccc2c1C(C(=O)NC(C)(C)C)N(Cc1cc(F)c(F)c(F)c1)C(=O)CCCC#Cc1cccc2c1CN(C1CCC(=O)NC1=O)C2=O. The van der Waals surface area contributed by atoms with E-state index in [1.54, 1.807) is 52.0 Å². The summed E-state index contributed by atoms with van der Waals surface area (Å²) in [6.07, 6.45) is 0.401. The zero-order valence-electron chi connectivity index (χ0n) is 32.7. The second kappa shape index (κ2) is 17.4. The molecule has 2 unspecified atom stereocenters. The lowest BCUT2D eigenvalue weighted by atomic mass is 9.97. The summed E-state index contributed by atoms with van der Waals surface area (Å²) >= 11 is 6.28. The maximum Gasteiger partial charge on any atom is 0.355 e. The highest BCUT2D eigenvalue weighted by Gasteiger charge is 2.41. The van der Waals surface area contributed by atoms with Crippen molar-refractivity contribution in [3.8, 4) is 11.8 Å². The molecule has 308 valence electrons. The highest BCUT2D eigenvalue weighted by molar-refractivity contribution is 6.31. The Balaban J connectivity index is 1.32. The first kappa shape index (κ1) is 42.5. The van der Waals surface area contributed by atoms with Crippen LogP contribution in [0.3, 0.4) is 0 Å². The predicted octanol–water partition coefficient (Wildman–Crippen LogP) is 6.38. The third kappa shape index (κ3) is 9.28. The van der Waals surface area contributed by atoms with Crippen LogP contribution in [0.1, 0.15) is 109 Å². The van der Waals surface area contributed by atoms with Crippen molar-refractivity contribution in [1.29, 1.82) is 0 Å². The lowest BCUT2D eigenvalue weighted by Gasteiger charge is -2.34. The molecule has 1 fully saturated rings. The molecule has 0 saturated carbocycles. The van der Waals surface area contributed by atoms with Crippen LogP contribution in [0.4, 0.5) is 13.2 Å². The van der Waals surface area contributed by atoms with E-state index in [9.17, 15) is 41.9 Å². The number of rotatable bonds is 11. The summed E-state index contributed by atoms with van der Waals surface area (Å²) in [6, 6.07) is 8.75. The number of benzene rings is 3. The number of halogens is 4. The standard InChI is InChI=1S/C43H41ClF3N5O7/c1-5-59-42(58)37-35(27-15-14-25(44)20-31(27)48-37)38(40(56)50-43(2,3)4)52(21-23-18-29(45)36(47)30(46)19-23)34(54)13-8-6-7-10-24-11-9-12-26-28(24)22-51(41(26)57)32-16-17-33(53)49-39(32)55/h9,11-12,14-15,18-20,32,38,48H,5-6,8,13,16-17,21-22H2,1-4H3,(H,50,56)(H,49,53,55). The Morgan fingerprint density at radius 2 is 1.80 bits per heavy atom. The number of fused-ring (bicyclic) bond motifs is 2. The van der Waals surface area contributed by atoms with Crippen LogP contribution in [0.5, 0.6) is 0 Å². The molecule has 2 aliphatic rings. The van der Waals surface area contributed by atoms with Crippen molar-refractivity contribution in [2.75, 3.05) is 6.61 Å². The number of carbonyl (C=O) groups is 6. The molecule has 3 N–H and O–H groups in total. The molecule has 4 aromatic rings. The minimum Gasteiger partial charge on any atom is -0.461 e. The van der Waals surface area contributed by atoms with Gasteiger partial charge < -0.3 is 24.8 Å². The van der Waals surface area contributed by atoms with Crippen molar-refractivity contribution in [1.82, 2.24) is 25.4 Å². The molecule has 2 aliphatic heterocycles. The van der Waals surface area contributed by atoms with Crippen molar-refractivity contribution < 1.29 is 46.7 Å². The van der Waals surface area contributed by atoms with Gasteiger partial charge in [0.15, 0.2) is 17.5 Å². The van der Waals surface area contributed by atoms with Gasteiger partial charge in [-0.15, -0.1) is 0 Å². The Hall–Kier alpha value is -6.14. The fraction of sp³-hybridized carbons (Fsp3) is 0.349. The maximum atomic E-state index is 14.6. The fourth-order valence-corrected chi connectivity index (χ4v) is 7.43. The molecule has 0 spiro atoms. The van der Waals surface area contributed by atoms with Crippen LogP contribution in [-0.2, 0) is 37.0 Å². The Morgan fingerprint density at radius 1 is 1.07 bits per heavy atom. The van der Waals surface area contributed by atoms with Crippen molar-refractivity contribution in [2.45, 2.75) is 90.5 Å². The smallest absolute Gasteiger partial charge is 0.355 e. The molecule has 5 amide bonds. The van der Waals surface area contributed by atoms with E-state index >= 15 is 0 Å². The highest BCUT2D eigenvalue weighted by Crippen LogP contribution is 2.36. The van der Waals surface area contributed by atoms with Crippen molar-refractivity contribution >= 4 is 58.0 Å². The second-order valence-electron chi connectivity index (χ2n) is 15.2. The number of ether oxygens (including phenoxy) is 1. The number of imide groups is 1. The molecule has 1 saturated heterocycles. The van der Waals surface area contributed by atoms with Crippen LogP contribution < -0.4 is 10.6 Å². The summed E-state index contributed by atoms with van der Waals surface area (Å²) < 4.78 is 48.6. The first-order valence-electron chi connectivity index (χ1n) is 19.0. The van der Waals surface area contributed by atoms with E-state index < -0.39 is 71.2 Å². The molecule has 0 radical (unpaired) electrons. The van der Waals surface area contributed by atoms with Crippen LogP contribution in [0, 0.1) is 29.3 Å². The Morgan fingerprint density at radius 3 is 2.47 bits per heavy atom. The van der Waals surface area contributed by atoms with Gasteiger partial charge in [0.05, 0.1) is 6.61 Å². The van der Waals surface area contributed by atoms with E-state index in [1.165, 1.54) is 17.0 Å². The number of hydrogen-bond donors (Lipinski definition) is 3. The summed E-state index contributed by atoms with van der Waals surface area (Å²) in [5, 5.41) is 5.79. The summed E-state index contributed by atoms with van der Waals surface area (Å²) in [5.41, 5.74) is 0.790. The van der Waals surface area contributed by atoms with Gasteiger partial charge in [-0.3, -0.25) is 29.3 Å². The van der Waals surface area contributed by atoms with E-state index in [4.69, 9.17) is 16.3 Å². The van der Waals surface area contributed by atoms with Gasteiger partial charge in [-0.1, -0.05) is 35.6 Å². The van der Waals surface area contributed by atoms with Gasteiger partial charge in [0.25, 0.3) is 5.91 Å². The average Bonchev–Trinajstić information content (AvgIpc) is 3.70. The summed E-state index contributed by atoms with van der Waals surface area (Å²) in [4.78, 5) is 85.3. The topological polar surface area (TPSA) is 158 Å². The van der Waals surface area contributed by atoms with E-state index in [1.807, 2.05) is 0 Å². The van der Waals surface area contributed by atoms with Crippen molar-refractivity contribution in [3.63, 3.8) is 0 Å². The maximum absolute atomic E-state index is 14.6. The second-order valence-corrected chi connectivity index (χ2v) is 15.7. The minimum absolute atomic E-state index is 0.0226. The number of esters is 1. The number of aromatic nitrogens is 1. The van der Waals surface area contributed by atoms with Gasteiger partial charge in [0.1, 0.15) is 17.8 Å². The molecule has 12 nitrogen and oxygen atoms in total. The van der Waals surface area contributed by atoms with Crippen LogP contribution in [-0.4, -0.2) is 68.5 Å². The number of unbranched alkanes of at least 4 members (excludes halogenated alkanes) is 1. The van der Waals surface area contributed by atoms with Gasteiger partial charge in [0, 0.05) is 70.5 Å². The number of piperidine rings is 1. The Kier molecular flexibility index (Phi) is 12.5. The third-order valence-electron chi connectivity index (χ3n) is 9.83. The number of aromatic amines is 1. The molecule has 3 heterocycles. The van der Waals surface area contributed by atoms with E-state index in [-0.39, 0.29) is 68.0 Å². The molecule has 6 rings (SSSR count). The van der Waals surface area contributed by atoms with Crippen LogP contribution >= 0.6 is 11.6 Å². The molecular weight excluding hydrogens is 791 g/mol. The van der Waals surface area contributed by atoms with Gasteiger partial charge in [-0.25, -0.2) is 18.0 Å². The third-order valence-corrected chi connectivity index (χ3v) is 10.1. The van der Waals surface area contributed by atoms with Crippen LogP contribution in [0.2, 0.25) is 5.02 Å². The monoisotopic (exact) mass is 831 g/mol. The zero-order valence-corrected chi connectivity index (χ0v) is 33.5. The first-order chi connectivity index (χ1) is 28.0. The largest absolute Gasteiger partial charge is 0.461 e. The van der Waals surface area contributed by atoms with Crippen LogP contribution in [0.15, 0.2) is 48.5 Å². The number of carbonyl (C=O) groups excluding carboxylic acids is 6. The fourth-order valence-electron chi connectivity index (χ4n) is 7.26. The summed E-state index contributed by atoms with van der Waals surface area (Å²) in [6.45, 7) is 6.26. The normalized spacial score (nSPS) is 15.6. The zero-order chi connectivity index (χ0) is 42.8. The van der Waals surface area contributed by atoms with E-state index in [0.717, 1.165) is 17.0 Å². The number of nitrogens with zero attached hydrogens (tertiary/aromatic N) is 2. The summed E-state index contributed by atoms with van der Waals surface area (Å²) in [5.74, 6) is -2.12. The molecule has 59 heavy (non-hydrogen) atoms. The van der Waals surface area contributed by atoms with Crippen molar-refractivity contribution in [3.05, 3.63) is 105 Å². The molecule has 0 bridgehead atoms. The molecule has 16 heteroatoms. The van der Waals surface area contributed by atoms with Gasteiger partial charge in [-0.2, -0.15) is 0 Å². The number of nitrogens with one attached hydrogen (secondary N) is 3. The average molecular weight is 832 g/mol. The van der Waals surface area contributed by atoms with E-state index in [0.29, 0.717) is 32.6 Å². The molecule has 1 aromatic heterocycles. The highest BCUT2D eigenvalue weighted by atomic mass is 35.5. The number of H-pyrrole nitrogens is 1. The van der Waals surface area contributed by atoms with E-state index in [2.05, 4.69) is 27.5 Å².